The van der Waals surface area contributed by atoms with Crippen molar-refractivity contribution < 1.29 is 9.26 Å². The molecule has 20 heavy (non-hydrogen) atoms. The van der Waals surface area contributed by atoms with Crippen molar-refractivity contribution in [1.29, 1.82) is 5.26 Å². The number of rotatable bonds is 6. The molecule has 0 saturated carbocycles. The number of hydrogen-bond acceptors (Lipinski definition) is 6. The van der Waals surface area contributed by atoms with Crippen LogP contribution in [0.1, 0.15) is 44.3 Å². The fourth-order valence-electron chi connectivity index (χ4n) is 2.13. The number of ether oxygens (including phenoxy) is 1. The average Bonchev–Trinajstić information content (AvgIpc) is 3.13. The van der Waals surface area contributed by atoms with Crippen molar-refractivity contribution >= 4 is 11.3 Å². The highest BCUT2D eigenvalue weighted by atomic mass is 32.1. The third-order valence-electron chi connectivity index (χ3n) is 3.32. The van der Waals surface area contributed by atoms with Crippen LogP contribution in [0.5, 0.6) is 0 Å². The van der Waals surface area contributed by atoms with Crippen LogP contribution in [0.2, 0.25) is 0 Å². The molecule has 0 atom stereocenters. The maximum atomic E-state index is 8.85. The molecule has 2 aromatic heterocycles. The molecule has 2 aromatic rings. The third-order valence-corrected chi connectivity index (χ3v) is 4.30. The van der Waals surface area contributed by atoms with Crippen molar-refractivity contribution in [3.05, 3.63) is 22.8 Å². The first-order valence-electron chi connectivity index (χ1n) is 6.67. The minimum absolute atomic E-state index is 0.442. The second kappa shape index (κ2) is 6.16. The van der Waals surface area contributed by atoms with Gasteiger partial charge in [-0.15, -0.1) is 11.3 Å². The molecule has 0 bridgehead atoms. The van der Waals surface area contributed by atoms with E-state index < -0.39 is 5.60 Å². The molecule has 0 unspecified atom stereocenters. The first-order chi connectivity index (χ1) is 9.69. The second-order valence-corrected chi connectivity index (χ2v) is 5.42. The van der Waals surface area contributed by atoms with E-state index in [1.165, 1.54) is 11.3 Å². The minimum atomic E-state index is -0.494. The van der Waals surface area contributed by atoms with E-state index in [9.17, 15) is 0 Å². The summed E-state index contributed by atoms with van der Waals surface area (Å²) in [6.45, 7) is 6.66. The fraction of sp³-hybridized carbons (Fsp3) is 0.500. The number of thiophene rings is 1. The van der Waals surface area contributed by atoms with Crippen LogP contribution in [0.3, 0.4) is 0 Å². The summed E-state index contributed by atoms with van der Waals surface area (Å²) in [5.41, 5.74) is -0.494. The second-order valence-electron chi connectivity index (χ2n) is 4.33. The largest absolute Gasteiger partial charge is 0.367 e. The van der Waals surface area contributed by atoms with Crippen molar-refractivity contribution in [1.82, 2.24) is 10.1 Å². The molecule has 0 aromatic carbocycles. The predicted molar refractivity (Wildman–Crippen MR) is 76.2 cm³/mol. The van der Waals surface area contributed by atoms with Crippen molar-refractivity contribution in [3.63, 3.8) is 0 Å². The Morgan fingerprint density at radius 2 is 2.10 bits per heavy atom. The first kappa shape index (κ1) is 14.7. The molecule has 0 saturated heterocycles. The highest BCUT2D eigenvalue weighted by Gasteiger charge is 2.34. The van der Waals surface area contributed by atoms with Gasteiger partial charge in [-0.05, 0) is 31.9 Å². The summed E-state index contributed by atoms with van der Waals surface area (Å²) in [5.74, 6) is 1.02. The van der Waals surface area contributed by atoms with Crippen LogP contribution in [0.15, 0.2) is 16.7 Å². The molecule has 106 valence electrons. The molecule has 0 radical (unpaired) electrons. The van der Waals surface area contributed by atoms with Crippen LogP contribution in [0, 0.1) is 11.3 Å². The monoisotopic (exact) mass is 291 g/mol. The van der Waals surface area contributed by atoms with Crippen LogP contribution in [-0.4, -0.2) is 16.7 Å². The van der Waals surface area contributed by atoms with Crippen molar-refractivity contribution in [2.75, 3.05) is 6.61 Å². The van der Waals surface area contributed by atoms with Gasteiger partial charge in [-0.1, -0.05) is 19.0 Å². The van der Waals surface area contributed by atoms with Crippen LogP contribution >= 0.6 is 11.3 Å². The zero-order chi connectivity index (χ0) is 14.6. The lowest BCUT2D eigenvalue weighted by Gasteiger charge is -2.27. The van der Waals surface area contributed by atoms with Gasteiger partial charge in [0, 0.05) is 6.61 Å². The standard InChI is InChI=1S/C14H17N3O2S/c1-4-14(5-2,18-6-3)13-16-12(19-17-13)11-8-7-10(9-15)20-11/h7-8H,4-6H2,1-3H3. The quantitative estimate of drug-likeness (QED) is 0.811. The predicted octanol–water partition coefficient (Wildman–Crippen LogP) is 3.72. The Balaban J connectivity index is 2.34. The van der Waals surface area contributed by atoms with Gasteiger partial charge in [0.05, 0.1) is 4.88 Å². The van der Waals surface area contributed by atoms with Gasteiger partial charge in [0.1, 0.15) is 16.5 Å². The Morgan fingerprint density at radius 1 is 1.35 bits per heavy atom. The molecule has 0 amide bonds. The SMILES string of the molecule is CCOC(CC)(CC)c1noc(-c2ccc(C#N)s2)n1. The summed E-state index contributed by atoms with van der Waals surface area (Å²) in [6, 6.07) is 5.67. The number of nitriles is 1. The highest BCUT2D eigenvalue weighted by molar-refractivity contribution is 7.15. The van der Waals surface area contributed by atoms with E-state index in [4.69, 9.17) is 14.5 Å². The van der Waals surface area contributed by atoms with Gasteiger partial charge >= 0.3 is 0 Å². The molecule has 2 heterocycles. The lowest BCUT2D eigenvalue weighted by atomic mass is 9.96. The van der Waals surface area contributed by atoms with E-state index in [2.05, 4.69) is 16.2 Å². The third kappa shape index (κ3) is 2.60. The Morgan fingerprint density at radius 3 is 2.65 bits per heavy atom. The van der Waals surface area contributed by atoms with Gasteiger partial charge in [0.15, 0.2) is 0 Å². The summed E-state index contributed by atoms with van der Waals surface area (Å²) >= 11 is 1.34. The molecule has 0 N–H and O–H groups in total. The topological polar surface area (TPSA) is 71.9 Å². The Bertz CT molecular complexity index is 608. The lowest BCUT2D eigenvalue weighted by Crippen LogP contribution is -2.29. The van der Waals surface area contributed by atoms with E-state index in [0.717, 1.165) is 17.7 Å². The van der Waals surface area contributed by atoms with Crippen molar-refractivity contribution in [3.8, 4) is 16.8 Å². The first-order valence-corrected chi connectivity index (χ1v) is 7.49. The average molecular weight is 291 g/mol. The molecule has 0 fully saturated rings. The Kier molecular flexibility index (Phi) is 4.53. The normalized spacial score (nSPS) is 11.5. The van der Waals surface area contributed by atoms with Gasteiger partial charge in [0.25, 0.3) is 5.89 Å². The summed E-state index contributed by atoms with van der Waals surface area (Å²) in [6.07, 6.45) is 1.56. The zero-order valence-electron chi connectivity index (χ0n) is 11.8. The Hall–Kier alpha value is -1.71. The van der Waals surface area contributed by atoms with Crippen LogP contribution in [0.25, 0.3) is 10.8 Å². The van der Waals surface area contributed by atoms with Crippen molar-refractivity contribution in [2.45, 2.75) is 39.2 Å². The molecular weight excluding hydrogens is 274 g/mol. The van der Waals surface area contributed by atoms with Gasteiger partial charge in [-0.2, -0.15) is 10.2 Å². The molecule has 5 nitrogen and oxygen atoms in total. The minimum Gasteiger partial charge on any atom is -0.367 e. The van der Waals surface area contributed by atoms with Crippen LogP contribution < -0.4 is 0 Å². The molecular formula is C14H17N3O2S. The highest BCUT2D eigenvalue weighted by Crippen LogP contribution is 2.33. The zero-order valence-corrected chi connectivity index (χ0v) is 12.7. The lowest BCUT2D eigenvalue weighted by molar-refractivity contribution is -0.0583. The van der Waals surface area contributed by atoms with Gasteiger partial charge in [0.2, 0.25) is 5.82 Å². The fourth-order valence-corrected chi connectivity index (χ4v) is 2.86. The number of nitrogens with zero attached hydrogens (tertiary/aromatic N) is 3. The molecule has 0 aliphatic rings. The van der Waals surface area contributed by atoms with E-state index in [1.807, 2.05) is 26.8 Å². The maximum absolute atomic E-state index is 8.85. The number of hydrogen-bond donors (Lipinski definition) is 0. The van der Waals surface area contributed by atoms with Crippen LogP contribution in [0.4, 0.5) is 0 Å². The van der Waals surface area contributed by atoms with Crippen LogP contribution in [-0.2, 0) is 10.3 Å². The van der Waals surface area contributed by atoms with Gasteiger partial charge < -0.3 is 9.26 Å². The van der Waals surface area contributed by atoms with E-state index >= 15 is 0 Å². The van der Waals surface area contributed by atoms with E-state index in [1.54, 1.807) is 6.07 Å². The number of aromatic nitrogens is 2. The van der Waals surface area contributed by atoms with E-state index in [0.29, 0.717) is 23.2 Å². The molecule has 6 heteroatoms. The van der Waals surface area contributed by atoms with Gasteiger partial charge in [-0.3, -0.25) is 0 Å². The Labute approximate surface area is 122 Å². The molecule has 2 rings (SSSR count). The molecule has 0 aliphatic heterocycles. The summed E-state index contributed by atoms with van der Waals surface area (Å²) in [5, 5.41) is 12.9. The van der Waals surface area contributed by atoms with Crippen molar-refractivity contribution in [2.24, 2.45) is 0 Å². The molecule has 0 aliphatic carbocycles. The smallest absolute Gasteiger partial charge is 0.268 e. The molecule has 0 spiro atoms. The van der Waals surface area contributed by atoms with E-state index in [-0.39, 0.29) is 0 Å². The summed E-state index contributed by atoms with van der Waals surface area (Å²) < 4.78 is 11.2. The summed E-state index contributed by atoms with van der Waals surface area (Å²) in [4.78, 5) is 5.89. The van der Waals surface area contributed by atoms with Gasteiger partial charge in [-0.25, -0.2) is 0 Å². The summed E-state index contributed by atoms with van der Waals surface area (Å²) in [7, 11) is 0. The maximum Gasteiger partial charge on any atom is 0.268 e.